The highest BCUT2D eigenvalue weighted by molar-refractivity contribution is 6.30. The number of aromatic nitrogens is 1. The van der Waals surface area contributed by atoms with E-state index in [9.17, 15) is 8.78 Å². The molecule has 1 heterocycles. The van der Waals surface area contributed by atoms with E-state index < -0.39 is 13.0 Å². The van der Waals surface area contributed by atoms with Crippen LogP contribution in [-0.2, 0) is 0 Å². The summed E-state index contributed by atoms with van der Waals surface area (Å²) in [7, 11) is 0. The van der Waals surface area contributed by atoms with Gasteiger partial charge in [-0.3, -0.25) is 0 Å². The van der Waals surface area contributed by atoms with Crippen LogP contribution in [0.2, 0.25) is 5.15 Å². The molecule has 0 aliphatic heterocycles. The maximum Gasteiger partial charge on any atom is 0.272 e. The van der Waals surface area contributed by atoms with Crippen LogP contribution in [0.5, 0.6) is 5.75 Å². The molecule has 6 heteroatoms. The third-order valence-corrected chi connectivity index (χ3v) is 1.63. The van der Waals surface area contributed by atoms with E-state index in [0.717, 1.165) is 0 Å². The monoisotopic (exact) mass is 218 g/mol. The number of nitriles is 1. The van der Waals surface area contributed by atoms with Gasteiger partial charge in [0.05, 0.1) is 0 Å². The minimum Gasteiger partial charge on any atom is -0.486 e. The summed E-state index contributed by atoms with van der Waals surface area (Å²) >= 11 is 5.54. The molecule has 0 aliphatic rings. The number of pyridine rings is 1. The van der Waals surface area contributed by atoms with Crippen LogP contribution < -0.4 is 4.74 Å². The summed E-state index contributed by atoms with van der Waals surface area (Å²) in [6, 6.07) is 3.04. The Morgan fingerprint density at radius 3 is 2.93 bits per heavy atom. The van der Waals surface area contributed by atoms with Gasteiger partial charge in [0.25, 0.3) is 6.43 Å². The molecule has 0 aliphatic carbocycles. The van der Waals surface area contributed by atoms with Crippen molar-refractivity contribution in [3.63, 3.8) is 0 Å². The summed E-state index contributed by atoms with van der Waals surface area (Å²) in [6.45, 7) is -0.769. The molecule has 0 N–H and O–H groups in total. The van der Waals surface area contributed by atoms with E-state index in [2.05, 4.69) is 9.72 Å². The lowest BCUT2D eigenvalue weighted by atomic mass is 10.3. The van der Waals surface area contributed by atoms with Crippen LogP contribution in [0.4, 0.5) is 8.78 Å². The second-order valence-electron chi connectivity index (χ2n) is 2.29. The van der Waals surface area contributed by atoms with Crippen molar-refractivity contribution in [2.24, 2.45) is 0 Å². The van der Waals surface area contributed by atoms with Crippen molar-refractivity contribution in [2.75, 3.05) is 6.61 Å². The largest absolute Gasteiger partial charge is 0.486 e. The van der Waals surface area contributed by atoms with Gasteiger partial charge < -0.3 is 4.74 Å². The Balaban J connectivity index is 2.87. The number of hydrogen-bond donors (Lipinski definition) is 0. The minimum absolute atomic E-state index is 0.0211. The third-order valence-electron chi connectivity index (χ3n) is 1.34. The van der Waals surface area contributed by atoms with E-state index in [4.69, 9.17) is 16.9 Å². The molecule has 1 aromatic rings. The Morgan fingerprint density at radius 2 is 2.36 bits per heavy atom. The molecule has 1 rings (SSSR count). The lowest BCUT2D eigenvalue weighted by Gasteiger charge is -2.06. The van der Waals surface area contributed by atoms with E-state index in [1.165, 1.54) is 12.3 Å². The molecule has 0 fully saturated rings. The fraction of sp³-hybridized carbons (Fsp3) is 0.250. The Hall–Kier alpha value is -1.41. The Labute approximate surface area is 83.9 Å². The first-order chi connectivity index (χ1) is 6.65. The SMILES string of the molecule is N#Cc1c(OCC(F)F)ccnc1Cl. The van der Waals surface area contributed by atoms with E-state index >= 15 is 0 Å². The van der Waals surface area contributed by atoms with Crippen molar-refractivity contribution in [3.05, 3.63) is 23.0 Å². The summed E-state index contributed by atoms with van der Waals surface area (Å²) in [5.74, 6) is 0.0211. The van der Waals surface area contributed by atoms with Crippen molar-refractivity contribution < 1.29 is 13.5 Å². The zero-order valence-electron chi connectivity index (χ0n) is 6.88. The second-order valence-corrected chi connectivity index (χ2v) is 2.65. The highest BCUT2D eigenvalue weighted by atomic mass is 35.5. The molecule has 0 radical (unpaired) electrons. The molecule has 0 bridgehead atoms. The highest BCUT2D eigenvalue weighted by Crippen LogP contribution is 2.23. The lowest BCUT2D eigenvalue weighted by Crippen LogP contribution is -2.08. The number of rotatable bonds is 3. The smallest absolute Gasteiger partial charge is 0.272 e. The Kier molecular flexibility index (Phi) is 3.60. The quantitative estimate of drug-likeness (QED) is 0.731. The number of nitrogens with zero attached hydrogens (tertiary/aromatic N) is 2. The molecule has 0 amide bonds. The van der Waals surface area contributed by atoms with Gasteiger partial charge in [0.15, 0.2) is 5.15 Å². The number of hydrogen-bond acceptors (Lipinski definition) is 3. The maximum absolute atomic E-state index is 11.8. The maximum atomic E-state index is 11.8. The summed E-state index contributed by atoms with van der Waals surface area (Å²) in [6.07, 6.45) is -1.31. The molecule has 0 unspecified atom stereocenters. The molecule has 0 saturated heterocycles. The van der Waals surface area contributed by atoms with Crippen LogP contribution in [0.3, 0.4) is 0 Å². The van der Waals surface area contributed by atoms with Crippen molar-refractivity contribution in [1.82, 2.24) is 4.98 Å². The zero-order chi connectivity index (χ0) is 10.6. The lowest BCUT2D eigenvalue weighted by molar-refractivity contribution is 0.0817. The topological polar surface area (TPSA) is 45.9 Å². The molecule has 1 aromatic heterocycles. The molecular weight excluding hydrogens is 214 g/mol. The summed E-state index contributed by atoms with van der Waals surface area (Å²) in [5.41, 5.74) is -0.0326. The van der Waals surface area contributed by atoms with Gasteiger partial charge in [-0.1, -0.05) is 11.6 Å². The average molecular weight is 219 g/mol. The summed E-state index contributed by atoms with van der Waals surface area (Å²) in [4.78, 5) is 3.61. The van der Waals surface area contributed by atoms with Gasteiger partial charge >= 0.3 is 0 Å². The van der Waals surface area contributed by atoms with Crippen molar-refractivity contribution >= 4 is 11.6 Å². The van der Waals surface area contributed by atoms with Gasteiger partial charge in [0, 0.05) is 6.20 Å². The molecule has 0 saturated carbocycles. The molecular formula is C8H5ClF2N2O. The van der Waals surface area contributed by atoms with E-state index in [1.54, 1.807) is 6.07 Å². The van der Waals surface area contributed by atoms with E-state index in [-0.39, 0.29) is 16.5 Å². The van der Waals surface area contributed by atoms with Gasteiger partial charge in [-0.2, -0.15) is 5.26 Å². The second kappa shape index (κ2) is 4.72. The highest BCUT2D eigenvalue weighted by Gasteiger charge is 2.10. The fourth-order valence-corrected chi connectivity index (χ4v) is 0.986. The average Bonchev–Trinajstić information content (AvgIpc) is 2.14. The zero-order valence-corrected chi connectivity index (χ0v) is 7.63. The fourth-order valence-electron chi connectivity index (χ4n) is 0.794. The van der Waals surface area contributed by atoms with E-state index in [1.807, 2.05) is 0 Å². The molecule has 0 spiro atoms. The Bertz CT molecular complexity index is 365. The van der Waals surface area contributed by atoms with Crippen LogP contribution in [0.1, 0.15) is 5.56 Å². The van der Waals surface area contributed by atoms with Gasteiger partial charge in [-0.15, -0.1) is 0 Å². The molecule has 74 valence electrons. The van der Waals surface area contributed by atoms with Crippen molar-refractivity contribution in [3.8, 4) is 11.8 Å². The predicted octanol–water partition coefficient (Wildman–Crippen LogP) is 2.25. The first-order valence-corrected chi connectivity index (χ1v) is 3.98. The van der Waals surface area contributed by atoms with Crippen LogP contribution in [0.15, 0.2) is 12.3 Å². The normalized spacial score (nSPS) is 9.93. The van der Waals surface area contributed by atoms with E-state index in [0.29, 0.717) is 0 Å². The third kappa shape index (κ3) is 2.54. The van der Waals surface area contributed by atoms with Gasteiger partial charge in [-0.25, -0.2) is 13.8 Å². The van der Waals surface area contributed by atoms with Gasteiger partial charge in [0.2, 0.25) is 0 Å². The number of ether oxygens (including phenoxy) is 1. The molecule has 0 aromatic carbocycles. The first kappa shape index (κ1) is 10.7. The van der Waals surface area contributed by atoms with Crippen LogP contribution in [0, 0.1) is 11.3 Å². The van der Waals surface area contributed by atoms with Crippen molar-refractivity contribution in [1.29, 1.82) is 5.26 Å². The molecule has 14 heavy (non-hydrogen) atoms. The number of halogens is 3. The minimum atomic E-state index is -2.59. The summed E-state index contributed by atoms with van der Waals surface area (Å²) < 4.78 is 28.3. The summed E-state index contributed by atoms with van der Waals surface area (Å²) in [5, 5.41) is 8.57. The van der Waals surface area contributed by atoms with Crippen LogP contribution in [0.25, 0.3) is 0 Å². The molecule has 3 nitrogen and oxygen atoms in total. The standard InChI is InChI=1S/C8H5ClF2N2O/c9-8-5(3-12)6(1-2-13-8)14-4-7(10)11/h1-2,7H,4H2. The van der Waals surface area contributed by atoms with Gasteiger partial charge in [0.1, 0.15) is 24.0 Å². The molecule has 0 atom stereocenters. The van der Waals surface area contributed by atoms with Crippen molar-refractivity contribution in [2.45, 2.75) is 6.43 Å². The Morgan fingerprint density at radius 1 is 1.64 bits per heavy atom. The predicted molar refractivity (Wildman–Crippen MR) is 45.5 cm³/mol. The number of alkyl halides is 2. The van der Waals surface area contributed by atoms with Gasteiger partial charge in [-0.05, 0) is 6.07 Å². The first-order valence-electron chi connectivity index (χ1n) is 3.60. The van der Waals surface area contributed by atoms with Crippen LogP contribution >= 0.6 is 11.6 Å². The van der Waals surface area contributed by atoms with Crippen LogP contribution in [-0.4, -0.2) is 18.0 Å².